The van der Waals surface area contributed by atoms with Gasteiger partial charge in [0.2, 0.25) is 11.1 Å². The fraction of sp³-hybridized carbons (Fsp3) is 0.250. The number of carbonyl (C=O) groups excluding carboxylic acids is 3. The largest absolute Gasteiger partial charge is 0.481 e. The highest BCUT2D eigenvalue weighted by Gasteiger charge is 2.19. The second-order valence-corrected chi connectivity index (χ2v) is 9.02. The van der Waals surface area contributed by atoms with E-state index in [0.717, 1.165) is 11.8 Å². The summed E-state index contributed by atoms with van der Waals surface area (Å²) in [5, 5.41) is 22.5. The molecule has 0 aliphatic heterocycles. The number of rotatable bonds is 12. The summed E-state index contributed by atoms with van der Waals surface area (Å²) in [5.41, 5.74) is 8.15. The summed E-state index contributed by atoms with van der Waals surface area (Å²) in [4.78, 5) is 51.1. The van der Waals surface area contributed by atoms with Gasteiger partial charge in [-0.3, -0.25) is 35.5 Å². The molecule has 0 aliphatic rings. The van der Waals surface area contributed by atoms with E-state index in [0.29, 0.717) is 22.2 Å². The molecule has 3 amide bonds. The Kier molecular flexibility index (Phi) is 10.0. The number of anilines is 1. The van der Waals surface area contributed by atoms with Gasteiger partial charge in [0.25, 0.3) is 11.8 Å². The van der Waals surface area contributed by atoms with Gasteiger partial charge >= 0.3 is 5.97 Å². The second kappa shape index (κ2) is 13.4. The van der Waals surface area contributed by atoms with Gasteiger partial charge in [0.15, 0.2) is 11.0 Å². The van der Waals surface area contributed by atoms with Gasteiger partial charge < -0.3 is 10.4 Å². The van der Waals surface area contributed by atoms with Crippen LogP contribution in [-0.2, 0) is 20.8 Å². The molecular weight excluding hydrogens is 532 g/mol. The molecule has 190 valence electrons. The Morgan fingerprint density at radius 3 is 2.56 bits per heavy atom. The van der Waals surface area contributed by atoms with E-state index in [1.165, 1.54) is 16.0 Å². The average Bonchev–Trinajstić information content (AvgIpc) is 3.48. The molecule has 13 nitrogen and oxygen atoms in total. The predicted molar refractivity (Wildman–Crippen MR) is 134 cm³/mol. The number of halogens is 1. The third-order valence-corrected chi connectivity index (χ3v) is 6.27. The lowest BCUT2D eigenvalue weighted by atomic mass is 10.2. The number of hydrazine groups is 1. The molecule has 3 rings (SSSR count). The lowest BCUT2D eigenvalue weighted by Crippen LogP contribution is -2.43. The van der Waals surface area contributed by atoms with Crippen LogP contribution in [0.25, 0.3) is 0 Å². The molecule has 16 heteroatoms. The van der Waals surface area contributed by atoms with Crippen molar-refractivity contribution < 1.29 is 24.3 Å². The number of carbonyl (C=O) groups is 4. The lowest BCUT2D eigenvalue weighted by Gasteiger charge is -2.11. The molecule has 2 heterocycles. The number of thioether (sulfide) groups is 1. The van der Waals surface area contributed by atoms with E-state index in [2.05, 4.69) is 36.8 Å². The average molecular weight is 553 g/mol. The first-order valence-corrected chi connectivity index (χ1v) is 12.7. The number of alkyl halides is 1. The molecule has 0 aliphatic carbocycles. The molecular formula is C20H21ClN8O5S2. The van der Waals surface area contributed by atoms with Crippen molar-refractivity contribution in [2.45, 2.75) is 18.0 Å². The number of amides is 3. The van der Waals surface area contributed by atoms with Crippen molar-refractivity contribution in [3.8, 4) is 0 Å². The van der Waals surface area contributed by atoms with Crippen LogP contribution in [0.5, 0.6) is 0 Å². The molecule has 2 aromatic heterocycles. The normalized spacial score (nSPS) is 10.5. The van der Waals surface area contributed by atoms with Gasteiger partial charge in [-0.05, 0) is 12.1 Å². The molecule has 0 bridgehead atoms. The highest BCUT2D eigenvalue weighted by atomic mass is 35.5. The van der Waals surface area contributed by atoms with Crippen molar-refractivity contribution in [2.75, 3.05) is 28.9 Å². The smallest absolute Gasteiger partial charge is 0.305 e. The highest BCUT2D eigenvalue weighted by Crippen LogP contribution is 2.21. The monoisotopic (exact) mass is 552 g/mol. The Hall–Kier alpha value is -3.69. The van der Waals surface area contributed by atoms with Gasteiger partial charge in [-0.15, -0.1) is 33.1 Å². The van der Waals surface area contributed by atoms with Crippen LogP contribution in [0.1, 0.15) is 28.3 Å². The number of nitrogens with zero attached hydrogens (tertiary/aromatic N) is 4. The molecule has 3 aromatic rings. The van der Waals surface area contributed by atoms with Crippen molar-refractivity contribution in [3.63, 3.8) is 0 Å². The molecule has 0 saturated heterocycles. The fourth-order valence-electron chi connectivity index (χ4n) is 2.62. The molecule has 0 spiro atoms. The van der Waals surface area contributed by atoms with Crippen LogP contribution in [0.15, 0.2) is 40.9 Å². The number of aliphatic carboxylic acids is 1. The zero-order valence-electron chi connectivity index (χ0n) is 18.6. The molecule has 0 fully saturated rings. The Morgan fingerprint density at radius 2 is 1.83 bits per heavy atom. The van der Waals surface area contributed by atoms with E-state index >= 15 is 0 Å². The number of thiazole rings is 1. The summed E-state index contributed by atoms with van der Waals surface area (Å²) >= 11 is 7.67. The van der Waals surface area contributed by atoms with Crippen molar-refractivity contribution in [3.05, 3.63) is 52.8 Å². The molecule has 0 atom stereocenters. The predicted octanol–water partition coefficient (Wildman–Crippen LogP) is 1.07. The first kappa shape index (κ1) is 26.9. The maximum Gasteiger partial charge on any atom is 0.305 e. The standard InChI is InChI=1S/C20H21ClN8O5S2/c21-9-15(30)25-26-16(31)11-36-20-27-24-14(29(20)28-18(34)12-4-2-1-3-5-12)8-13-10-35-19(23-13)22-7-6-17(32)33/h1-5,10H,6-9,11H2,(H,22,23)(H,25,30)(H,26,31)(H,28,34)(H,32,33). The summed E-state index contributed by atoms with van der Waals surface area (Å²) in [6.45, 7) is 0.236. The molecule has 0 unspecified atom stereocenters. The Labute approximate surface area is 218 Å². The van der Waals surface area contributed by atoms with Gasteiger partial charge in [-0.25, -0.2) is 9.66 Å². The van der Waals surface area contributed by atoms with Crippen molar-refractivity contribution in [2.24, 2.45) is 0 Å². The quantitative estimate of drug-likeness (QED) is 0.124. The number of hydrogen-bond acceptors (Lipinski definition) is 10. The number of carboxylic acid groups (broad SMARTS) is 1. The van der Waals surface area contributed by atoms with E-state index in [9.17, 15) is 19.2 Å². The second-order valence-electron chi connectivity index (χ2n) is 6.95. The number of aromatic nitrogens is 4. The first-order chi connectivity index (χ1) is 17.4. The number of carboxylic acids is 1. The van der Waals surface area contributed by atoms with Gasteiger partial charge in [-0.1, -0.05) is 30.0 Å². The van der Waals surface area contributed by atoms with E-state index < -0.39 is 23.7 Å². The van der Waals surface area contributed by atoms with E-state index in [-0.39, 0.29) is 36.2 Å². The minimum Gasteiger partial charge on any atom is -0.481 e. The van der Waals surface area contributed by atoms with Crippen LogP contribution in [0.2, 0.25) is 0 Å². The fourth-order valence-corrected chi connectivity index (χ4v) is 4.14. The number of benzene rings is 1. The minimum absolute atomic E-state index is 0.0432. The lowest BCUT2D eigenvalue weighted by molar-refractivity contribution is -0.136. The molecule has 36 heavy (non-hydrogen) atoms. The van der Waals surface area contributed by atoms with Gasteiger partial charge in [0, 0.05) is 17.5 Å². The Bertz CT molecular complexity index is 1220. The maximum atomic E-state index is 12.8. The Morgan fingerprint density at radius 1 is 1.08 bits per heavy atom. The van der Waals surface area contributed by atoms with E-state index in [4.69, 9.17) is 16.7 Å². The van der Waals surface area contributed by atoms with Gasteiger partial charge in [-0.2, -0.15) is 0 Å². The van der Waals surface area contributed by atoms with Crippen LogP contribution in [-0.4, -0.2) is 66.8 Å². The first-order valence-electron chi connectivity index (χ1n) is 10.3. The molecule has 1 aromatic carbocycles. The highest BCUT2D eigenvalue weighted by molar-refractivity contribution is 7.99. The van der Waals surface area contributed by atoms with Crippen LogP contribution >= 0.6 is 34.7 Å². The minimum atomic E-state index is -0.915. The van der Waals surface area contributed by atoms with Crippen LogP contribution in [0.3, 0.4) is 0 Å². The zero-order valence-corrected chi connectivity index (χ0v) is 21.0. The van der Waals surface area contributed by atoms with Crippen molar-refractivity contribution in [1.29, 1.82) is 0 Å². The molecule has 0 radical (unpaired) electrons. The maximum absolute atomic E-state index is 12.8. The third-order valence-electron chi connectivity index (χ3n) is 4.25. The van der Waals surface area contributed by atoms with Crippen molar-refractivity contribution >= 4 is 63.5 Å². The molecule has 5 N–H and O–H groups in total. The van der Waals surface area contributed by atoms with E-state index in [1.54, 1.807) is 35.7 Å². The zero-order chi connectivity index (χ0) is 25.9. The van der Waals surface area contributed by atoms with E-state index in [1.807, 2.05) is 0 Å². The van der Waals surface area contributed by atoms with Gasteiger partial charge in [0.1, 0.15) is 5.88 Å². The summed E-state index contributed by atoms with van der Waals surface area (Å²) in [6, 6.07) is 8.54. The summed E-state index contributed by atoms with van der Waals surface area (Å²) < 4.78 is 1.38. The summed E-state index contributed by atoms with van der Waals surface area (Å²) in [7, 11) is 0. The number of nitrogens with one attached hydrogen (secondary N) is 4. The topological polar surface area (TPSA) is 180 Å². The molecule has 0 saturated carbocycles. The number of hydrogen-bond donors (Lipinski definition) is 5. The Balaban J connectivity index is 1.72. The van der Waals surface area contributed by atoms with Crippen molar-refractivity contribution in [1.82, 2.24) is 30.7 Å². The van der Waals surface area contributed by atoms with Gasteiger partial charge in [0.05, 0.1) is 24.3 Å². The van der Waals surface area contributed by atoms with Crippen LogP contribution in [0, 0.1) is 0 Å². The third kappa shape index (κ3) is 8.21. The van der Waals surface area contributed by atoms with Crippen LogP contribution < -0.4 is 21.6 Å². The summed E-state index contributed by atoms with van der Waals surface area (Å²) in [5.74, 6) is -2.47. The SMILES string of the molecule is O=C(O)CCNc1nc(Cc2nnc(SCC(=O)NNC(=O)CCl)n2NC(=O)c2ccccc2)cs1. The van der Waals surface area contributed by atoms with Crippen LogP contribution in [0.4, 0.5) is 5.13 Å². The summed E-state index contributed by atoms with van der Waals surface area (Å²) in [6.07, 6.45) is 0.163.